The summed E-state index contributed by atoms with van der Waals surface area (Å²) in [4.78, 5) is 14.0. The average molecular weight is 321 g/mol. The zero-order chi connectivity index (χ0) is 16.6. The molecule has 0 saturated carbocycles. The predicted molar refractivity (Wildman–Crippen MR) is 92.2 cm³/mol. The van der Waals surface area contributed by atoms with E-state index in [0.29, 0.717) is 13.2 Å². The summed E-state index contributed by atoms with van der Waals surface area (Å²) in [6, 6.07) is 9.52. The van der Waals surface area contributed by atoms with Gasteiger partial charge < -0.3 is 9.64 Å². The molecule has 122 valence electrons. The fraction of sp³-hybridized carbons (Fsp3) is 0.211. The smallest absolute Gasteiger partial charge is 0.246 e. The van der Waals surface area contributed by atoms with Gasteiger partial charge in [-0.05, 0) is 36.3 Å². The largest absolute Gasteiger partial charge is 0.489 e. The third kappa shape index (κ3) is 4.52. The van der Waals surface area contributed by atoms with Crippen LogP contribution in [-0.4, -0.2) is 34.1 Å². The van der Waals surface area contributed by atoms with Gasteiger partial charge in [0.1, 0.15) is 12.4 Å². The van der Waals surface area contributed by atoms with E-state index in [1.807, 2.05) is 47.4 Å². The molecule has 1 aromatic carbocycles. The topological polar surface area (TPSA) is 55.3 Å². The maximum Gasteiger partial charge on any atom is 0.246 e. The van der Waals surface area contributed by atoms with E-state index >= 15 is 0 Å². The fourth-order valence-corrected chi connectivity index (χ4v) is 2.39. The summed E-state index contributed by atoms with van der Waals surface area (Å²) < 4.78 is 5.75. The van der Waals surface area contributed by atoms with Crippen LogP contribution in [0.15, 0.2) is 61.0 Å². The highest BCUT2D eigenvalue weighted by molar-refractivity contribution is 5.92. The first-order valence-electron chi connectivity index (χ1n) is 7.92. The van der Waals surface area contributed by atoms with Crippen molar-refractivity contribution in [2.24, 2.45) is 0 Å². The molecule has 2 heterocycles. The Morgan fingerprint density at radius 2 is 2.21 bits per heavy atom. The molecule has 0 saturated heterocycles. The maximum absolute atomic E-state index is 12.1. The van der Waals surface area contributed by atoms with Crippen molar-refractivity contribution in [3.63, 3.8) is 0 Å². The Morgan fingerprint density at radius 3 is 3.00 bits per heavy atom. The minimum Gasteiger partial charge on any atom is -0.489 e. The van der Waals surface area contributed by atoms with Crippen LogP contribution in [0.3, 0.4) is 0 Å². The highest BCUT2D eigenvalue weighted by Gasteiger charge is 2.10. The Hall–Kier alpha value is -2.95. The first kappa shape index (κ1) is 15.9. The van der Waals surface area contributed by atoms with Gasteiger partial charge in [-0.3, -0.25) is 4.79 Å². The number of benzene rings is 1. The van der Waals surface area contributed by atoms with Crippen LogP contribution < -0.4 is 4.74 Å². The molecular formula is C19H19N3O2. The van der Waals surface area contributed by atoms with E-state index in [2.05, 4.69) is 16.3 Å². The Labute approximate surface area is 141 Å². The van der Waals surface area contributed by atoms with Gasteiger partial charge in [0.2, 0.25) is 5.91 Å². The monoisotopic (exact) mass is 321 g/mol. The predicted octanol–water partition coefficient (Wildman–Crippen LogP) is 2.86. The summed E-state index contributed by atoms with van der Waals surface area (Å²) in [5.41, 5.74) is 1.89. The van der Waals surface area contributed by atoms with Gasteiger partial charge in [0, 0.05) is 30.9 Å². The van der Waals surface area contributed by atoms with Gasteiger partial charge in [0.25, 0.3) is 0 Å². The molecule has 0 fully saturated rings. The van der Waals surface area contributed by atoms with Crippen LogP contribution in [0.25, 0.3) is 6.08 Å². The molecule has 1 amide bonds. The molecule has 0 atom stereocenters. The van der Waals surface area contributed by atoms with Gasteiger partial charge in [-0.1, -0.05) is 24.3 Å². The minimum atomic E-state index is 0.0357. The first-order chi connectivity index (χ1) is 11.8. The number of aromatic nitrogens is 2. The molecule has 1 aromatic heterocycles. The summed E-state index contributed by atoms with van der Waals surface area (Å²) in [5, 5.41) is 7.56. The number of rotatable bonds is 5. The van der Waals surface area contributed by atoms with Crippen LogP contribution in [0.5, 0.6) is 5.75 Å². The second kappa shape index (κ2) is 8.06. The summed E-state index contributed by atoms with van der Waals surface area (Å²) in [7, 11) is 0. The summed E-state index contributed by atoms with van der Waals surface area (Å²) in [6.45, 7) is 1.90. The van der Waals surface area contributed by atoms with E-state index in [1.165, 1.54) is 0 Å². The minimum absolute atomic E-state index is 0.0357. The van der Waals surface area contributed by atoms with Crippen molar-refractivity contribution in [3.05, 3.63) is 72.1 Å². The lowest BCUT2D eigenvalue weighted by molar-refractivity contribution is -0.125. The van der Waals surface area contributed by atoms with E-state index in [-0.39, 0.29) is 5.91 Å². The third-order valence-electron chi connectivity index (χ3n) is 3.70. The molecule has 2 aromatic rings. The second-order valence-electron chi connectivity index (χ2n) is 5.49. The van der Waals surface area contributed by atoms with Gasteiger partial charge in [-0.15, -0.1) is 0 Å². The third-order valence-corrected chi connectivity index (χ3v) is 3.70. The van der Waals surface area contributed by atoms with E-state index in [9.17, 15) is 4.79 Å². The molecule has 5 heteroatoms. The quantitative estimate of drug-likeness (QED) is 0.628. The van der Waals surface area contributed by atoms with Crippen molar-refractivity contribution >= 4 is 12.0 Å². The molecule has 5 nitrogen and oxygen atoms in total. The van der Waals surface area contributed by atoms with E-state index in [0.717, 1.165) is 29.8 Å². The Kier molecular flexibility index (Phi) is 5.35. The van der Waals surface area contributed by atoms with Crippen molar-refractivity contribution in [1.29, 1.82) is 0 Å². The molecule has 0 bridgehead atoms. The van der Waals surface area contributed by atoms with Crippen LogP contribution in [0.1, 0.15) is 17.5 Å². The summed E-state index contributed by atoms with van der Waals surface area (Å²) >= 11 is 0. The van der Waals surface area contributed by atoms with Gasteiger partial charge in [0.15, 0.2) is 0 Å². The molecular weight excluding hydrogens is 302 g/mol. The number of carbonyl (C=O) groups excluding carboxylic acids is 1. The zero-order valence-corrected chi connectivity index (χ0v) is 13.3. The Bertz CT molecular complexity index is 741. The van der Waals surface area contributed by atoms with Crippen molar-refractivity contribution in [1.82, 2.24) is 15.1 Å². The van der Waals surface area contributed by atoms with E-state index in [4.69, 9.17) is 4.74 Å². The molecule has 0 radical (unpaired) electrons. The highest BCUT2D eigenvalue weighted by atomic mass is 16.5. The number of amides is 1. The molecule has 0 N–H and O–H groups in total. The van der Waals surface area contributed by atoms with Crippen LogP contribution in [0.2, 0.25) is 0 Å². The Morgan fingerprint density at radius 1 is 1.25 bits per heavy atom. The number of hydrogen-bond donors (Lipinski definition) is 0. The van der Waals surface area contributed by atoms with Crippen molar-refractivity contribution < 1.29 is 9.53 Å². The molecule has 1 aliphatic heterocycles. The van der Waals surface area contributed by atoms with Gasteiger partial charge in [-0.2, -0.15) is 10.2 Å². The van der Waals surface area contributed by atoms with Crippen molar-refractivity contribution in [3.8, 4) is 5.75 Å². The fourth-order valence-electron chi connectivity index (χ4n) is 2.39. The normalized spacial score (nSPS) is 14.1. The standard InChI is InChI=1S/C19H19N3O2/c23-19(22-11-2-1-3-12-22)8-7-16-5-4-6-18(13-16)24-15-17-9-10-20-21-14-17/h1-2,4-10,13-14H,3,11-12,15H2/b8-7+. The SMILES string of the molecule is O=C(/C=C/c1cccc(OCc2ccnnc2)c1)N1CC=CCC1. The van der Waals surface area contributed by atoms with Gasteiger partial charge >= 0.3 is 0 Å². The number of ether oxygens (including phenoxy) is 1. The van der Waals surface area contributed by atoms with Crippen LogP contribution >= 0.6 is 0 Å². The summed E-state index contributed by atoms with van der Waals surface area (Å²) in [6.07, 6.45) is 11.8. The second-order valence-corrected chi connectivity index (χ2v) is 5.49. The lowest BCUT2D eigenvalue weighted by Crippen LogP contribution is -2.32. The van der Waals surface area contributed by atoms with Crippen LogP contribution in [-0.2, 0) is 11.4 Å². The van der Waals surface area contributed by atoms with E-state index in [1.54, 1.807) is 18.5 Å². The highest BCUT2D eigenvalue weighted by Crippen LogP contribution is 2.16. The van der Waals surface area contributed by atoms with Gasteiger partial charge in [0.05, 0.1) is 6.20 Å². The van der Waals surface area contributed by atoms with Gasteiger partial charge in [-0.25, -0.2) is 0 Å². The summed E-state index contributed by atoms with van der Waals surface area (Å²) in [5.74, 6) is 0.788. The van der Waals surface area contributed by atoms with Crippen molar-refractivity contribution in [2.75, 3.05) is 13.1 Å². The Balaban J connectivity index is 1.59. The molecule has 0 spiro atoms. The van der Waals surface area contributed by atoms with Crippen LogP contribution in [0, 0.1) is 0 Å². The molecule has 0 unspecified atom stereocenters. The number of carbonyl (C=O) groups is 1. The maximum atomic E-state index is 12.1. The van der Waals surface area contributed by atoms with Crippen LogP contribution in [0.4, 0.5) is 0 Å². The lowest BCUT2D eigenvalue weighted by Gasteiger charge is -2.21. The van der Waals surface area contributed by atoms with Crippen molar-refractivity contribution in [2.45, 2.75) is 13.0 Å². The number of nitrogens with zero attached hydrogens (tertiary/aromatic N) is 3. The average Bonchev–Trinajstić information content (AvgIpc) is 2.66. The molecule has 1 aliphatic rings. The molecule has 0 aliphatic carbocycles. The molecule has 3 rings (SSSR count). The zero-order valence-electron chi connectivity index (χ0n) is 13.3. The lowest BCUT2D eigenvalue weighted by atomic mass is 10.2. The first-order valence-corrected chi connectivity index (χ1v) is 7.92. The van der Waals surface area contributed by atoms with E-state index < -0.39 is 0 Å². The molecule has 24 heavy (non-hydrogen) atoms. The number of hydrogen-bond acceptors (Lipinski definition) is 4.